The Hall–Kier alpha value is -1.40. The number of amides is 1. The first kappa shape index (κ1) is 14.0. The quantitative estimate of drug-likeness (QED) is 0.943. The zero-order chi connectivity index (χ0) is 14.0. The van der Waals surface area contributed by atoms with Crippen LogP contribution in [0.5, 0.6) is 0 Å². The zero-order valence-electron chi connectivity index (χ0n) is 11.2. The molecule has 1 amide bonds. The lowest BCUT2D eigenvalue weighted by Gasteiger charge is -2.23. The number of aromatic nitrogens is 1. The number of nitrogen functional groups attached to an aromatic ring is 1. The molecule has 0 saturated carbocycles. The summed E-state index contributed by atoms with van der Waals surface area (Å²) < 4.78 is 0. The summed E-state index contributed by atoms with van der Waals surface area (Å²) in [7, 11) is 1.83. The fourth-order valence-corrected chi connectivity index (χ4v) is 3.30. The SMILES string of the molecule is Cc1ccc(C(C)N(C)C(=O)Cc2csc(N)n2)s1. The molecule has 1 unspecified atom stereocenters. The summed E-state index contributed by atoms with van der Waals surface area (Å²) in [6, 6.07) is 4.24. The molecule has 102 valence electrons. The van der Waals surface area contributed by atoms with Crippen molar-refractivity contribution < 1.29 is 4.79 Å². The summed E-state index contributed by atoms with van der Waals surface area (Å²) in [6.07, 6.45) is 0.304. The molecule has 2 aromatic rings. The second-order valence-corrected chi connectivity index (χ2v) is 6.69. The Morgan fingerprint density at radius 1 is 1.53 bits per heavy atom. The molecule has 0 aliphatic heterocycles. The Balaban J connectivity index is 2.02. The number of hydrogen-bond donors (Lipinski definition) is 1. The molecule has 2 N–H and O–H groups in total. The van der Waals surface area contributed by atoms with Gasteiger partial charge in [0.05, 0.1) is 18.2 Å². The molecule has 2 aromatic heterocycles. The third-order valence-electron chi connectivity index (χ3n) is 3.05. The minimum Gasteiger partial charge on any atom is -0.375 e. The topological polar surface area (TPSA) is 59.2 Å². The van der Waals surface area contributed by atoms with Crippen molar-refractivity contribution >= 4 is 33.7 Å². The highest BCUT2D eigenvalue weighted by atomic mass is 32.1. The Kier molecular flexibility index (Phi) is 4.21. The summed E-state index contributed by atoms with van der Waals surface area (Å²) in [5.74, 6) is 0.0591. The van der Waals surface area contributed by atoms with Crippen LogP contribution in [0.15, 0.2) is 17.5 Å². The van der Waals surface area contributed by atoms with Crippen LogP contribution in [0.4, 0.5) is 5.13 Å². The molecule has 0 aromatic carbocycles. The second kappa shape index (κ2) is 5.71. The number of carbonyl (C=O) groups excluding carboxylic acids is 1. The molecule has 4 nitrogen and oxygen atoms in total. The van der Waals surface area contributed by atoms with E-state index in [9.17, 15) is 4.79 Å². The third-order valence-corrected chi connectivity index (χ3v) is 4.94. The predicted octanol–water partition coefficient (Wildman–Crippen LogP) is 2.86. The van der Waals surface area contributed by atoms with Crippen LogP contribution in [0, 0.1) is 6.92 Å². The molecular formula is C13H17N3OS2. The fraction of sp³-hybridized carbons (Fsp3) is 0.385. The number of thiazole rings is 1. The summed E-state index contributed by atoms with van der Waals surface area (Å²) in [5.41, 5.74) is 6.31. The van der Waals surface area contributed by atoms with Crippen molar-refractivity contribution in [3.05, 3.63) is 33.0 Å². The zero-order valence-corrected chi connectivity index (χ0v) is 12.8. The molecule has 0 aliphatic rings. The molecule has 1 atom stereocenters. The van der Waals surface area contributed by atoms with Crippen LogP contribution in [-0.4, -0.2) is 22.8 Å². The molecule has 0 fully saturated rings. The van der Waals surface area contributed by atoms with E-state index < -0.39 is 0 Å². The lowest BCUT2D eigenvalue weighted by Crippen LogP contribution is -2.30. The maximum atomic E-state index is 12.2. The van der Waals surface area contributed by atoms with E-state index in [4.69, 9.17) is 5.73 Å². The number of likely N-dealkylation sites (N-methyl/N-ethyl adjacent to an activating group) is 1. The van der Waals surface area contributed by atoms with Crippen molar-refractivity contribution in [2.45, 2.75) is 26.3 Å². The molecule has 2 heterocycles. The summed E-state index contributed by atoms with van der Waals surface area (Å²) >= 11 is 3.09. The van der Waals surface area contributed by atoms with Gasteiger partial charge in [0.1, 0.15) is 0 Å². The number of hydrogen-bond acceptors (Lipinski definition) is 5. The van der Waals surface area contributed by atoms with Gasteiger partial charge in [0.15, 0.2) is 5.13 Å². The van der Waals surface area contributed by atoms with Crippen molar-refractivity contribution in [1.82, 2.24) is 9.88 Å². The highest BCUT2D eigenvalue weighted by molar-refractivity contribution is 7.13. The van der Waals surface area contributed by atoms with Gasteiger partial charge in [0, 0.05) is 22.2 Å². The van der Waals surface area contributed by atoms with Crippen LogP contribution in [0.1, 0.15) is 28.4 Å². The average Bonchev–Trinajstić information content (AvgIpc) is 2.96. The average molecular weight is 295 g/mol. The number of rotatable bonds is 4. The van der Waals surface area contributed by atoms with Crippen LogP contribution < -0.4 is 5.73 Å². The van der Waals surface area contributed by atoms with Crippen molar-refractivity contribution in [1.29, 1.82) is 0 Å². The smallest absolute Gasteiger partial charge is 0.228 e. The second-order valence-electron chi connectivity index (χ2n) is 4.48. The van der Waals surface area contributed by atoms with Crippen LogP contribution in [0.3, 0.4) is 0 Å². The number of carbonyl (C=O) groups is 1. The molecule has 0 saturated heterocycles. The van der Waals surface area contributed by atoms with Gasteiger partial charge in [-0.25, -0.2) is 4.98 Å². The van der Waals surface area contributed by atoms with E-state index >= 15 is 0 Å². The van der Waals surface area contributed by atoms with Gasteiger partial charge in [-0.2, -0.15) is 0 Å². The molecule has 0 spiro atoms. The Morgan fingerprint density at radius 3 is 2.79 bits per heavy atom. The summed E-state index contributed by atoms with van der Waals surface area (Å²) in [4.78, 5) is 20.5. The van der Waals surface area contributed by atoms with Gasteiger partial charge in [-0.05, 0) is 26.0 Å². The van der Waals surface area contributed by atoms with E-state index in [-0.39, 0.29) is 11.9 Å². The van der Waals surface area contributed by atoms with Crippen molar-refractivity contribution in [2.24, 2.45) is 0 Å². The Labute approximate surface area is 120 Å². The highest BCUT2D eigenvalue weighted by Crippen LogP contribution is 2.26. The summed E-state index contributed by atoms with van der Waals surface area (Å²) in [6.45, 7) is 4.11. The lowest BCUT2D eigenvalue weighted by molar-refractivity contribution is -0.131. The normalized spacial score (nSPS) is 12.4. The highest BCUT2D eigenvalue weighted by Gasteiger charge is 2.19. The number of aryl methyl sites for hydroxylation is 1. The first-order valence-corrected chi connectivity index (χ1v) is 7.69. The molecule has 19 heavy (non-hydrogen) atoms. The van der Waals surface area contributed by atoms with E-state index in [0.29, 0.717) is 11.6 Å². The van der Waals surface area contributed by atoms with E-state index in [1.165, 1.54) is 21.1 Å². The van der Waals surface area contributed by atoms with Gasteiger partial charge in [-0.1, -0.05) is 0 Å². The number of anilines is 1. The monoisotopic (exact) mass is 295 g/mol. The number of thiophene rings is 1. The Morgan fingerprint density at radius 2 is 2.26 bits per heavy atom. The van der Waals surface area contributed by atoms with Crippen LogP contribution in [0.25, 0.3) is 0 Å². The molecule has 0 radical (unpaired) electrons. The summed E-state index contributed by atoms with van der Waals surface area (Å²) in [5, 5.41) is 2.34. The number of nitrogens with zero attached hydrogens (tertiary/aromatic N) is 2. The van der Waals surface area contributed by atoms with Crippen LogP contribution in [0.2, 0.25) is 0 Å². The van der Waals surface area contributed by atoms with Gasteiger partial charge < -0.3 is 10.6 Å². The molecule has 0 aliphatic carbocycles. The van der Waals surface area contributed by atoms with E-state index in [2.05, 4.69) is 24.0 Å². The standard InChI is InChI=1S/C13H17N3OS2/c1-8-4-5-11(19-8)9(2)16(3)12(17)6-10-7-18-13(14)15-10/h4-5,7,9H,6H2,1-3H3,(H2,14,15). The van der Waals surface area contributed by atoms with Crippen molar-refractivity contribution in [3.8, 4) is 0 Å². The largest absolute Gasteiger partial charge is 0.375 e. The lowest BCUT2D eigenvalue weighted by atomic mass is 10.2. The third kappa shape index (κ3) is 3.33. The van der Waals surface area contributed by atoms with Gasteiger partial charge >= 0.3 is 0 Å². The molecule has 0 bridgehead atoms. The van der Waals surface area contributed by atoms with Gasteiger partial charge in [-0.3, -0.25) is 4.79 Å². The van der Waals surface area contributed by atoms with E-state index in [0.717, 1.165) is 5.69 Å². The van der Waals surface area contributed by atoms with Crippen molar-refractivity contribution in [3.63, 3.8) is 0 Å². The van der Waals surface area contributed by atoms with Gasteiger partial charge in [-0.15, -0.1) is 22.7 Å². The van der Waals surface area contributed by atoms with Crippen LogP contribution in [-0.2, 0) is 11.2 Å². The first-order chi connectivity index (χ1) is 8.97. The predicted molar refractivity (Wildman–Crippen MR) is 80.5 cm³/mol. The molecule has 2 rings (SSSR count). The first-order valence-electron chi connectivity index (χ1n) is 5.99. The maximum Gasteiger partial charge on any atom is 0.228 e. The van der Waals surface area contributed by atoms with E-state index in [1.807, 2.05) is 19.4 Å². The molecule has 6 heteroatoms. The van der Waals surface area contributed by atoms with Crippen LogP contribution >= 0.6 is 22.7 Å². The van der Waals surface area contributed by atoms with Crippen molar-refractivity contribution in [2.75, 3.05) is 12.8 Å². The Bertz CT molecular complexity index is 576. The molecular weight excluding hydrogens is 278 g/mol. The number of nitrogens with two attached hydrogens (primary N) is 1. The maximum absolute atomic E-state index is 12.2. The van der Waals surface area contributed by atoms with Gasteiger partial charge in [0.2, 0.25) is 5.91 Å². The minimum absolute atomic E-state index is 0.0591. The van der Waals surface area contributed by atoms with E-state index in [1.54, 1.807) is 16.2 Å². The fourth-order valence-electron chi connectivity index (χ4n) is 1.77. The van der Waals surface area contributed by atoms with Gasteiger partial charge in [0.25, 0.3) is 0 Å². The minimum atomic E-state index is 0.0591.